The average Bonchev–Trinajstić information content (AvgIpc) is 2.68. The zero-order valence-corrected chi connectivity index (χ0v) is 24.0. The van der Waals surface area contributed by atoms with Gasteiger partial charge in [-0.3, -0.25) is 9.80 Å². The Morgan fingerprint density at radius 3 is 1.28 bits per heavy atom. The van der Waals surface area contributed by atoms with Crippen molar-refractivity contribution in [3.05, 3.63) is 0 Å². The summed E-state index contributed by atoms with van der Waals surface area (Å²) in [6, 6.07) is 1.81. The number of nitrogens with zero attached hydrogens (tertiary/aromatic N) is 2. The predicted molar refractivity (Wildman–Crippen MR) is 138 cm³/mol. The summed E-state index contributed by atoms with van der Waals surface area (Å²) in [5.41, 5.74) is 0. The molecule has 0 amide bonds. The van der Waals surface area contributed by atoms with E-state index in [1.54, 1.807) is 0 Å². The summed E-state index contributed by atoms with van der Waals surface area (Å²) in [6.07, 6.45) is 2.12. The highest BCUT2D eigenvalue weighted by Crippen LogP contribution is 2.24. The first-order valence-electron chi connectivity index (χ1n) is 11.6. The second kappa shape index (κ2) is 13.4. The van der Waals surface area contributed by atoms with E-state index in [9.17, 15) is 0 Å². The summed E-state index contributed by atoms with van der Waals surface area (Å²) >= 11 is 5.23. The fourth-order valence-corrected chi connectivity index (χ4v) is 16.7. The van der Waals surface area contributed by atoms with Gasteiger partial charge >= 0.3 is 17.6 Å². The number of fused-ring (bicyclic) bond motifs is 12. The van der Waals surface area contributed by atoms with E-state index in [-0.39, 0.29) is 9.45 Å². The molecule has 0 unspecified atom stereocenters. The van der Waals surface area contributed by atoms with Crippen LogP contribution in [0.5, 0.6) is 0 Å². The van der Waals surface area contributed by atoms with Crippen LogP contribution in [-0.2, 0) is 65.0 Å². The van der Waals surface area contributed by atoms with Crippen molar-refractivity contribution in [3.63, 3.8) is 0 Å². The quantitative estimate of drug-likeness (QED) is 0.395. The van der Waals surface area contributed by atoms with Crippen LogP contribution in [-0.4, -0.2) is 118 Å². The Hall–Kier alpha value is 1.12. The standard InChI is InChI=1S/C18H36N2O6S4Si2/c27-28-29-30(15-1-17-31-21-9-3-19(4-10-22-31)5-11-23-31)16-2-18-32-24-12-6-20(7-13-25-32)8-14-26-32/h1-18H2. The maximum absolute atomic E-state index is 6.19. The van der Waals surface area contributed by atoms with Crippen molar-refractivity contribution in [3.8, 4) is 0 Å². The zero-order valence-electron chi connectivity index (χ0n) is 18.7. The highest BCUT2D eigenvalue weighted by molar-refractivity contribution is 8.58. The van der Waals surface area contributed by atoms with E-state index in [2.05, 4.69) is 9.80 Å². The molecule has 6 aliphatic rings. The largest absolute Gasteiger partial charge is 0.501 e. The van der Waals surface area contributed by atoms with Gasteiger partial charge in [-0.25, -0.2) is 0 Å². The Labute approximate surface area is 206 Å². The Bertz CT molecular complexity index is 614. The van der Waals surface area contributed by atoms with Crippen molar-refractivity contribution in [2.24, 2.45) is 0 Å². The first-order valence-corrected chi connectivity index (χ1v) is 20.7. The summed E-state index contributed by atoms with van der Waals surface area (Å²) in [5, 5.41) is 0. The van der Waals surface area contributed by atoms with E-state index in [0.717, 1.165) is 115 Å². The van der Waals surface area contributed by atoms with Crippen LogP contribution in [0.15, 0.2) is 0 Å². The molecule has 14 heteroatoms. The highest BCUT2D eigenvalue weighted by atomic mass is 33.2. The van der Waals surface area contributed by atoms with Gasteiger partial charge in [0.2, 0.25) is 0 Å². The Balaban J connectivity index is 1.26. The molecule has 6 heterocycles. The molecule has 0 N–H and O–H groups in total. The molecule has 0 spiro atoms. The van der Waals surface area contributed by atoms with Crippen LogP contribution in [0.3, 0.4) is 0 Å². The van der Waals surface area contributed by atoms with E-state index in [4.69, 9.17) is 37.7 Å². The molecule has 0 aliphatic carbocycles. The van der Waals surface area contributed by atoms with Crippen LogP contribution in [0.1, 0.15) is 12.8 Å². The molecule has 0 radical (unpaired) electrons. The smallest absolute Gasteiger partial charge is 0.372 e. The fourth-order valence-electron chi connectivity index (χ4n) is 4.44. The van der Waals surface area contributed by atoms with E-state index in [1.807, 2.05) is 8.88 Å². The van der Waals surface area contributed by atoms with Gasteiger partial charge in [0.25, 0.3) is 0 Å². The third-order valence-corrected chi connectivity index (χ3v) is 19.2. The van der Waals surface area contributed by atoms with Crippen LogP contribution in [0.25, 0.3) is 0 Å². The molecular weight excluding hydrogens is 525 g/mol. The molecule has 4 bridgehead atoms. The summed E-state index contributed by atoms with van der Waals surface area (Å²) in [4.78, 5) is 4.71. The van der Waals surface area contributed by atoms with Crippen molar-refractivity contribution < 1.29 is 26.6 Å². The van der Waals surface area contributed by atoms with Crippen LogP contribution < -0.4 is 0 Å². The van der Waals surface area contributed by atoms with Gasteiger partial charge in [0.05, 0.1) is 39.6 Å². The normalized spacial score (nSPS) is 36.8. The van der Waals surface area contributed by atoms with Gasteiger partial charge in [0.1, 0.15) is 0 Å². The lowest BCUT2D eigenvalue weighted by Gasteiger charge is -2.38. The van der Waals surface area contributed by atoms with E-state index >= 15 is 0 Å². The Kier molecular flexibility index (Phi) is 11.0. The van der Waals surface area contributed by atoms with Gasteiger partial charge in [-0.15, -0.1) is 9.45 Å². The molecule has 0 atom stereocenters. The van der Waals surface area contributed by atoms with Crippen molar-refractivity contribution in [1.29, 1.82) is 0 Å². The van der Waals surface area contributed by atoms with Crippen LogP contribution in [0, 0.1) is 0 Å². The molecule has 6 fully saturated rings. The van der Waals surface area contributed by atoms with Gasteiger partial charge < -0.3 is 26.6 Å². The molecule has 8 nitrogen and oxygen atoms in total. The summed E-state index contributed by atoms with van der Waals surface area (Å²) in [5.74, 6) is 2.24. The lowest BCUT2D eigenvalue weighted by atomic mass is 10.4. The lowest BCUT2D eigenvalue weighted by molar-refractivity contribution is -0.00873. The highest BCUT2D eigenvalue weighted by Gasteiger charge is 2.44. The third-order valence-electron chi connectivity index (χ3n) is 6.21. The van der Waals surface area contributed by atoms with Crippen molar-refractivity contribution >= 4 is 56.0 Å². The van der Waals surface area contributed by atoms with Gasteiger partial charge in [0.15, 0.2) is 0 Å². The van der Waals surface area contributed by atoms with Crippen LogP contribution in [0.4, 0.5) is 0 Å². The monoisotopic (exact) mass is 560 g/mol. The second-order valence-corrected chi connectivity index (χ2v) is 20.4. The summed E-state index contributed by atoms with van der Waals surface area (Å²) in [6.45, 7) is 10.3. The molecular formula is C18H36N2O6S4Si2. The Morgan fingerprint density at radius 1 is 0.625 bits per heavy atom. The molecule has 0 saturated carbocycles. The van der Waals surface area contributed by atoms with Gasteiger partial charge in [0, 0.05) is 51.4 Å². The van der Waals surface area contributed by atoms with Crippen molar-refractivity contribution in [2.75, 3.05) is 90.4 Å². The maximum Gasteiger partial charge on any atom is 0.501 e. The van der Waals surface area contributed by atoms with Gasteiger partial charge in [-0.1, -0.05) is 0 Å². The topological polar surface area (TPSA) is 61.9 Å². The minimum Gasteiger partial charge on any atom is -0.372 e. The molecule has 6 rings (SSSR count). The average molecular weight is 561 g/mol. The molecule has 186 valence electrons. The number of rotatable bonds is 8. The fraction of sp³-hybridized carbons (Fsp3) is 1.00. The van der Waals surface area contributed by atoms with Crippen molar-refractivity contribution in [1.82, 2.24) is 9.80 Å². The number of hydrogen-bond donors (Lipinski definition) is 0. The second-order valence-electron chi connectivity index (χ2n) is 8.33. The predicted octanol–water partition coefficient (Wildman–Crippen LogP) is 0.478. The molecule has 32 heavy (non-hydrogen) atoms. The Morgan fingerprint density at radius 2 is 0.969 bits per heavy atom. The molecule has 6 saturated heterocycles. The first-order chi connectivity index (χ1) is 15.7. The zero-order chi connectivity index (χ0) is 22.1. The SMILES string of the molecule is S=S=S=S(CCC[Si]12OCCN(CCO1)CCO2)CCC[Si]12OCCN(CCO1)CCO2. The lowest BCUT2D eigenvalue weighted by Crippen LogP contribution is -2.55. The first kappa shape index (κ1) is 26.2. The third kappa shape index (κ3) is 7.81. The van der Waals surface area contributed by atoms with E-state index in [0.29, 0.717) is 0 Å². The van der Waals surface area contributed by atoms with Crippen molar-refractivity contribution in [2.45, 2.75) is 24.9 Å². The minimum absolute atomic E-state index is 0.197. The molecule has 0 aromatic rings. The summed E-state index contributed by atoms with van der Waals surface area (Å²) < 4.78 is 37.1. The number of hydrogen-bond acceptors (Lipinski definition) is 9. The summed E-state index contributed by atoms with van der Waals surface area (Å²) in [7, 11) is -1.56. The molecule has 0 aromatic carbocycles. The molecule has 0 aromatic heterocycles. The maximum atomic E-state index is 6.19. The van der Waals surface area contributed by atoms with E-state index < -0.39 is 17.6 Å². The van der Waals surface area contributed by atoms with Crippen LogP contribution >= 0.6 is 0 Å². The van der Waals surface area contributed by atoms with Crippen LogP contribution in [0.2, 0.25) is 12.1 Å². The minimum atomic E-state index is -2.53. The van der Waals surface area contributed by atoms with Gasteiger partial charge in [-0.2, -0.15) is 0 Å². The molecule has 6 aliphatic heterocycles. The van der Waals surface area contributed by atoms with Gasteiger partial charge in [-0.05, 0) is 53.3 Å². The van der Waals surface area contributed by atoms with E-state index in [1.165, 1.54) is 8.88 Å².